The van der Waals surface area contributed by atoms with Crippen LogP contribution < -0.4 is 15.4 Å². The molecule has 23 heavy (non-hydrogen) atoms. The van der Waals surface area contributed by atoms with Gasteiger partial charge in [-0.1, -0.05) is 29.3 Å². The number of hydrogen-bond donors (Lipinski definition) is 2. The van der Waals surface area contributed by atoms with Gasteiger partial charge >= 0.3 is 0 Å². The molecule has 2 N–H and O–H groups in total. The number of ether oxygens (including phenoxy) is 1. The molecule has 4 nitrogen and oxygen atoms in total. The summed E-state index contributed by atoms with van der Waals surface area (Å²) < 4.78 is 5.20. The number of benzene rings is 2. The van der Waals surface area contributed by atoms with Gasteiger partial charge in [0.25, 0.3) is 0 Å². The Hall–Kier alpha value is -1.91. The summed E-state index contributed by atoms with van der Waals surface area (Å²) in [5.41, 5.74) is 3.35. The number of rotatable bonds is 5. The number of methoxy groups -OCH3 is 1. The van der Waals surface area contributed by atoms with Crippen molar-refractivity contribution in [3.8, 4) is 5.75 Å². The largest absolute Gasteiger partial charge is 0.495 e. The van der Waals surface area contributed by atoms with Crippen LogP contribution in [0.5, 0.6) is 5.75 Å². The molecular formula is C17H18Cl2N2O2. The van der Waals surface area contributed by atoms with Gasteiger partial charge in [-0.3, -0.25) is 4.79 Å². The van der Waals surface area contributed by atoms with E-state index in [1.165, 1.54) is 7.11 Å². The molecule has 0 aliphatic heterocycles. The number of hydrogen-bond acceptors (Lipinski definition) is 3. The van der Waals surface area contributed by atoms with Gasteiger partial charge in [-0.25, -0.2) is 0 Å². The quantitative estimate of drug-likeness (QED) is 0.821. The standard InChI is InChI=1S/C17H18Cl2N2O2/c1-10-6-11(2)17(13(19)7-10)20-9-16(22)21-14-8-12(18)4-5-15(14)23-3/h4-8,20H,9H2,1-3H3,(H,21,22). The fraction of sp³-hybridized carbons (Fsp3) is 0.235. The van der Waals surface area contributed by atoms with Gasteiger partial charge in [0.05, 0.1) is 30.1 Å². The Bertz CT molecular complexity index is 710. The van der Waals surface area contributed by atoms with E-state index >= 15 is 0 Å². The fourth-order valence-electron chi connectivity index (χ4n) is 2.28. The SMILES string of the molecule is COc1ccc(Cl)cc1NC(=O)CNc1c(C)cc(C)cc1Cl. The van der Waals surface area contributed by atoms with Crippen LogP contribution in [0.3, 0.4) is 0 Å². The number of halogens is 2. The molecule has 2 rings (SSSR count). The third-order valence-corrected chi connectivity index (χ3v) is 3.83. The van der Waals surface area contributed by atoms with Crippen molar-refractivity contribution in [2.45, 2.75) is 13.8 Å². The summed E-state index contributed by atoms with van der Waals surface area (Å²) in [6.07, 6.45) is 0. The first-order valence-electron chi connectivity index (χ1n) is 7.04. The zero-order valence-corrected chi connectivity index (χ0v) is 14.7. The molecule has 0 aliphatic rings. The molecule has 6 heteroatoms. The molecule has 0 radical (unpaired) electrons. The van der Waals surface area contributed by atoms with Gasteiger partial charge in [-0.05, 0) is 49.2 Å². The molecule has 0 aromatic heterocycles. The zero-order chi connectivity index (χ0) is 17.0. The Kier molecular flexibility index (Phi) is 5.74. The van der Waals surface area contributed by atoms with Crippen LogP contribution >= 0.6 is 23.2 Å². The van der Waals surface area contributed by atoms with Gasteiger partial charge in [-0.15, -0.1) is 0 Å². The Morgan fingerprint density at radius 1 is 1.17 bits per heavy atom. The van der Waals surface area contributed by atoms with Crippen LogP contribution in [-0.4, -0.2) is 19.6 Å². The van der Waals surface area contributed by atoms with Crippen LogP contribution in [0.25, 0.3) is 0 Å². The van der Waals surface area contributed by atoms with E-state index in [2.05, 4.69) is 10.6 Å². The van der Waals surface area contributed by atoms with Crippen LogP contribution in [0.1, 0.15) is 11.1 Å². The highest BCUT2D eigenvalue weighted by atomic mass is 35.5. The summed E-state index contributed by atoms with van der Waals surface area (Å²) in [4.78, 5) is 12.1. The molecule has 0 saturated carbocycles. The molecule has 122 valence electrons. The molecule has 1 amide bonds. The van der Waals surface area contributed by atoms with E-state index in [4.69, 9.17) is 27.9 Å². The summed E-state index contributed by atoms with van der Waals surface area (Å²) >= 11 is 12.2. The first kappa shape index (κ1) is 17.4. The van der Waals surface area contributed by atoms with E-state index in [0.717, 1.165) is 16.8 Å². The number of nitrogens with one attached hydrogen (secondary N) is 2. The number of aryl methyl sites for hydroxylation is 2. The second-order valence-corrected chi connectivity index (χ2v) is 6.03. The summed E-state index contributed by atoms with van der Waals surface area (Å²) in [6, 6.07) is 8.90. The van der Waals surface area contributed by atoms with Crippen LogP contribution in [0.2, 0.25) is 10.0 Å². The molecule has 0 unspecified atom stereocenters. The van der Waals surface area contributed by atoms with Crippen LogP contribution in [-0.2, 0) is 4.79 Å². The van der Waals surface area contributed by atoms with E-state index in [1.807, 2.05) is 26.0 Å². The average molecular weight is 353 g/mol. The van der Waals surface area contributed by atoms with Crippen molar-refractivity contribution in [1.29, 1.82) is 0 Å². The van der Waals surface area contributed by atoms with Crippen LogP contribution in [0.15, 0.2) is 30.3 Å². The lowest BCUT2D eigenvalue weighted by Crippen LogP contribution is -2.22. The molecule has 0 heterocycles. The van der Waals surface area contributed by atoms with E-state index in [1.54, 1.807) is 18.2 Å². The van der Waals surface area contributed by atoms with E-state index in [-0.39, 0.29) is 12.5 Å². The van der Waals surface area contributed by atoms with Gasteiger partial charge < -0.3 is 15.4 Å². The molecule has 0 fully saturated rings. The molecule has 0 bridgehead atoms. The van der Waals surface area contributed by atoms with E-state index < -0.39 is 0 Å². The minimum atomic E-state index is -0.221. The first-order valence-corrected chi connectivity index (χ1v) is 7.80. The van der Waals surface area contributed by atoms with E-state index in [0.29, 0.717) is 21.5 Å². The van der Waals surface area contributed by atoms with Crippen molar-refractivity contribution in [1.82, 2.24) is 0 Å². The molecule has 0 aliphatic carbocycles. The minimum absolute atomic E-state index is 0.0826. The molecule has 0 atom stereocenters. The summed E-state index contributed by atoms with van der Waals surface area (Å²) in [5, 5.41) is 6.94. The maximum absolute atomic E-state index is 12.1. The van der Waals surface area contributed by atoms with Crippen molar-refractivity contribution in [3.05, 3.63) is 51.5 Å². The predicted molar refractivity (Wildman–Crippen MR) is 96.0 cm³/mol. The monoisotopic (exact) mass is 352 g/mol. The number of amides is 1. The fourth-order valence-corrected chi connectivity index (χ4v) is 2.84. The highest BCUT2D eigenvalue weighted by Gasteiger charge is 2.10. The minimum Gasteiger partial charge on any atom is -0.495 e. The smallest absolute Gasteiger partial charge is 0.243 e. The predicted octanol–water partition coefficient (Wildman–Crippen LogP) is 4.67. The lowest BCUT2D eigenvalue weighted by Gasteiger charge is -2.14. The van der Waals surface area contributed by atoms with Gasteiger partial charge in [0.1, 0.15) is 5.75 Å². The van der Waals surface area contributed by atoms with Crippen molar-refractivity contribution < 1.29 is 9.53 Å². The highest BCUT2D eigenvalue weighted by molar-refractivity contribution is 6.33. The van der Waals surface area contributed by atoms with Crippen LogP contribution in [0, 0.1) is 13.8 Å². The van der Waals surface area contributed by atoms with Crippen molar-refractivity contribution in [3.63, 3.8) is 0 Å². The molecule has 2 aromatic rings. The Balaban J connectivity index is 2.05. The number of anilines is 2. The Labute approximate surface area is 145 Å². The van der Waals surface area contributed by atoms with Gasteiger partial charge in [0.2, 0.25) is 5.91 Å². The van der Waals surface area contributed by atoms with Crippen LogP contribution in [0.4, 0.5) is 11.4 Å². The summed E-state index contributed by atoms with van der Waals surface area (Å²) in [7, 11) is 1.53. The second kappa shape index (κ2) is 7.57. The average Bonchev–Trinajstić information content (AvgIpc) is 2.46. The molecule has 0 spiro atoms. The Morgan fingerprint density at radius 3 is 2.57 bits per heavy atom. The van der Waals surface area contributed by atoms with Crippen molar-refractivity contribution in [2.24, 2.45) is 0 Å². The topological polar surface area (TPSA) is 50.4 Å². The molecular weight excluding hydrogens is 335 g/mol. The second-order valence-electron chi connectivity index (χ2n) is 5.18. The van der Waals surface area contributed by atoms with E-state index in [9.17, 15) is 4.79 Å². The third kappa shape index (κ3) is 4.53. The maximum Gasteiger partial charge on any atom is 0.243 e. The molecule has 2 aromatic carbocycles. The number of carbonyl (C=O) groups is 1. The summed E-state index contributed by atoms with van der Waals surface area (Å²) in [5.74, 6) is 0.328. The lowest BCUT2D eigenvalue weighted by atomic mass is 10.1. The highest BCUT2D eigenvalue weighted by Crippen LogP contribution is 2.29. The maximum atomic E-state index is 12.1. The van der Waals surface area contributed by atoms with Gasteiger partial charge in [-0.2, -0.15) is 0 Å². The first-order chi connectivity index (χ1) is 10.9. The van der Waals surface area contributed by atoms with Crippen molar-refractivity contribution >= 4 is 40.5 Å². The third-order valence-electron chi connectivity index (χ3n) is 3.29. The van der Waals surface area contributed by atoms with Crippen molar-refractivity contribution in [2.75, 3.05) is 24.3 Å². The van der Waals surface area contributed by atoms with Gasteiger partial charge in [0.15, 0.2) is 0 Å². The lowest BCUT2D eigenvalue weighted by molar-refractivity contribution is -0.114. The summed E-state index contributed by atoms with van der Waals surface area (Å²) in [6.45, 7) is 4.00. The van der Waals surface area contributed by atoms with Gasteiger partial charge in [0, 0.05) is 5.02 Å². The Morgan fingerprint density at radius 2 is 1.91 bits per heavy atom. The molecule has 0 saturated heterocycles. The number of carbonyl (C=O) groups excluding carboxylic acids is 1. The normalized spacial score (nSPS) is 10.3. The zero-order valence-electron chi connectivity index (χ0n) is 13.2.